The number of esters is 1. The number of aromatic nitrogens is 1. The first kappa shape index (κ1) is 16.1. The number of oxazole rings is 1. The summed E-state index contributed by atoms with van der Waals surface area (Å²) >= 11 is 0. The molecule has 1 aromatic heterocycles. The first-order valence-corrected chi connectivity index (χ1v) is 8.83. The van der Waals surface area contributed by atoms with Gasteiger partial charge in [-0.05, 0) is 31.4 Å². The topological polar surface area (TPSA) is 64.8 Å². The highest BCUT2D eigenvalue weighted by Crippen LogP contribution is 2.31. The van der Waals surface area contributed by atoms with E-state index in [1.54, 1.807) is 0 Å². The molecular formula is C19H22N2O4. The zero-order valence-corrected chi connectivity index (χ0v) is 14.1. The molecule has 2 saturated heterocycles. The molecule has 0 radical (unpaired) electrons. The third-order valence-corrected chi connectivity index (χ3v) is 4.87. The van der Waals surface area contributed by atoms with Crippen LogP contribution in [0.3, 0.4) is 0 Å². The van der Waals surface area contributed by atoms with Crippen LogP contribution in [0.5, 0.6) is 0 Å². The highest BCUT2D eigenvalue weighted by Gasteiger charge is 2.30. The van der Waals surface area contributed by atoms with E-state index in [2.05, 4.69) is 22.0 Å². The second-order valence-electron chi connectivity index (χ2n) is 6.60. The van der Waals surface area contributed by atoms with Gasteiger partial charge in [-0.25, -0.2) is 9.78 Å². The molecule has 1 aromatic carbocycles. The summed E-state index contributed by atoms with van der Waals surface area (Å²) in [4.78, 5) is 18.7. The minimum Gasteiger partial charge on any atom is -0.461 e. The monoisotopic (exact) mass is 342 g/mol. The van der Waals surface area contributed by atoms with Gasteiger partial charge in [0, 0.05) is 31.3 Å². The third kappa shape index (κ3) is 3.54. The molecule has 0 N–H and O–H groups in total. The quantitative estimate of drug-likeness (QED) is 0.778. The maximum atomic E-state index is 12.4. The van der Waals surface area contributed by atoms with Crippen molar-refractivity contribution in [2.45, 2.75) is 25.4 Å². The van der Waals surface area contributed by atoms with Gasteiger partial charge in [0.1, 0.15) is 6.10 Å². The molecule has 3 heterocycles. The highest BCUT2D eigenvalue weighted by atomic mass is 16.5. The summed E-state index contributed by atoms with van der Waals surface area (Å²) in [6, 6.07) is 10.3. The Morgan fingerprint density at radius 2 is 2.16 bits per heavy atom. The fourth-order valence-corrected chi connectivity index (χ4v) is 3.53. The van der Waals surface area contributed by atoms with Gasteiger partial charge in [-0.1, -0.05) is 18.2 Å². The molecule has 6 heteroatoms. The van der Waals surface area contributed by atoms with Gasteiger partial charge in [-0.3, -0.25) is 0 Å². The first-order chi connectivity index (χ1) is 12.3. The Labute approximate surface area is 146 Å². The lowest BCUT2D eigenvalue weighted by Gasteiger charge is -2.18. The van der Waals surface area contributed by atoms with Crippen LogP contribution in [0.4, 0.5) is 5.69 Å². The average Bonchev–Trinajstić information content (AvgIpc) is 3.41. The maximum Gasteiger partial charge on any atom is 0.360 e. The van der Waals surface area contributed by atoms with Crippen molar-refractivity contribution in [2.75, 3.05) is 31.2 Å². The summed E-state index contributed by atoms with van der Waals surface area (Å²) < 4.78 is 16.5. The molecule has 0 saturated carbocycles. The van der Waals surface area contributed by atoms with Crippen LogP contribution in [0.2, 0.25) is 0 Å². The summed E-state index contributed by atoms with van der Waals surface area (Å²) in [5, 5.41) is 0. The van der Waals surface area contributed by atoms with Crippen LogP contribution in [0.1, 0.15) is 41.6 Å². The lowest BCUT2D eigenvalue weighted by molar-refractivity contribution is 0.0426. The Morgan fingerprint density at radius 1 is 1.28 bits per heavy atom. The lowest BCUT2D eigenvalue weighted by Crippen LogP contribution is -2.22. The van der Waals surface area contributed by atoms with Crippen LogP contribution in [0.25, 0.3) is 0 Å². The summed E-state index contributed by atoms with van der Waals surface area (Å²) in [7, 11) is 0. The summed E-state index contributed by atoms with van der Waals surface area (Å²) in [6.07, 6.45) is 3.95. The van der Waals surface area contributed by atoms with Crippen molar-refractivity contribution in [1.82, 2.24) is 4.98 Å². The molecule has 132 valence electrons. The second-order valence-corrected chi connectivity index (χ2v) is 6.60. The molecule has 25 heavy (non-hydrogen) atoms. The van der Waals surface area contributed by atoms with Crippen LogP contribution in [0.15, 0.2) is 41.1 Å². The van der Waals surface area contributed by atoms with E-state index in [0.29, 0.717) is 24.9 Å². The Morgan fingerprint density at radius 3 is 2.96 bits per heavy atom. The summed E-state index contributed by atoms with van der Waals surface area (Å²) in [5.74, 6) is 0.416. The van der Waals surface area contributed by atoms with Gasteiger partial charge in [0.2, 0.25) is 0 Å². The van der Waals surface area contributed by atoms with Gasteiger partial charge in [-0.2, -0.15) is 0 Å². The molecule has 6 nitrogen and oxygen atoms in total. The number of ether oxygens (including phenoxy) is 2. The number of carbonyl (C=O) groups is 1. The molecule has 0 unspecified atom stereocenters. The number of nitrogens with zero attached hydrogens (tertiary/aromatic N) is 2. The van der Waals surface area contributed by atoms with E-state index in [0.717, 1.165) is 32.4 Å². The van der Waals surface area contributed by atoms with Crippen LogP contribution >= 0.6 is 0 Å². The number of carbonyl (C=O) groups excluding carboxylic acids is 1. The van der Waals surface area contributed by atoms with Crippen molar-refractivity contribution >= 4 is 11.7 Å². The third-order valence-electron chi connectivity index (χ3n) is 4.87. The Bertz CT molecular complexity index is 709. The minimum absolute atomic E-state index is 0.176. The fraction of sp³-hybridized carbons (Fsp3) is 0.474. The molecule has 2 fully saturated rings. The number of benzene rings is 1. The second kappa shape index (κ2) is 7.27. The van der Waals surface area contributed by atoms with E-state index < -0.39 is 5.97 Å². The maximum absolute atomic E-state index is 12.4. The van der Waals surface area contributed by atoms with Gasteiger partial charge < -0.3 is 18.8 Å². The first-order valence-electron chi connectivity index (χ1n) is 8.83. The number of rotatable bonds is 5. The molecule has 0 bridgehead atoms. The van der Waals surface area contributed by atoms with Gasteiger partial charge in [0.25, 0.3) is 0 Å². The van der Waals surface area contributed by atoms with Crippen molar-refractivity contribution in [3.05, 3.63) is 48.2 Å². The van der Waals surface area contributed by atoms with Crippen LogP contribution in [0, 0.1) is 5.92 Å². The van der Waals surface area contributed by atoms with E-state index in [4.69, 9.17) is 13.9 Å². The van der Waals surface area contributed by atoms with Crippen LogP contribution in [-0.4, -0.2) is 37.3 Å². The number of hydrogen-bond donors (Lipinski definition) is 0. The number of para-hydroxylation sites is 1. The largest absolute Gasteiger partial charge is 0.461 e. The summed E-state index contributed by atoms with van der Waals surface area (Å²) in [6.45, 7) is 2.98. The number of anilines is 1. The average molecular weight is 342 g/mol. The van der Waals surface area contributed by atoms with Gasteiger partial charge in [0.15, 0.2) is 17.8 Å². The van der Waals surface area contributed by atoms with Crippen molar-refractivity contribution < 1.29 is 18.7 Å². The Balaban J connectivity index is 1.32. The Hall–Kier alpha value is -2.34. The predicted molar refractivity (Wildman–Crippen MR) is 91.5 cm³/mol. The van der Waals surface area contributed by atoms with Gasteiger partial charge >= 0.3 is 5.97 Å². The zero-order valence-electron chi connectivity index (χ0n) is 14.1. The lowest BCUT2D eigenvalue weighted by atomic mass is 10.1. The van der Waals surface area contributed by atoms with E-state index in [1.807, 2.05) is 18.2 Å². The molecule has 0 amide bonds. The molecule has 2 aliphatic heterocycles. The SMILES string of the molecule is O=C(OC[C@H]1CCN(c2ccccc2)C1)c1ncoc1[C@@H]1CCCO1. The summed E-state index contributed by atoms with van der Waals surface area (Å²) in [5.41, 5.74) is 1.47. The van der Waals surface area contributed by atoms with Gasteiger partial charge in [-0.15, -0.1) is 0 Å². The highest BCUT2D eigenvalue weighted by molar-refractivity contribution is 5.88. The van der Waals surface area contributed by atoms with Gasteiger partial charge in [0.05, 0.1) is 6.61 Å². The van der Waals surface area contributed by atoms with E-state index in [9.17, 15) is 4.79 Å². The van der Waals surface area contributed by atoms with E-state index >= 15 is 0 Å². The molecule has 4 rings (SSSR count). The molecule has 0 aliphatic carbocycles. The standard InChI is InChI=1S/C19H22N2O4/c22-19(17-18(25-13-20-17)16-7-4-10-23-16)24-12-14-8-9-21(11-14)15-5-2-1-3-6-15/h1-3,5-6,13-14,16H,4,7-12H2/t14-,16-/m0/s1. The fourth-order valence-electron chi connectivity index (χ4n) is 3.53. The smallest absolute Gasteiger partial charge is 0.360 e. The Kier molecular flexibility index (Phi) is 4.70. The normalized spacial score (nSPS) is 23.1. The minimum atomic E-state index is -0.419. The van der Waals surface area contributed by atoms with Crippen molar-refractivity contribution in [1.29, 1.82) is 0 Å². The van der Waals surface area contributed by atoms with Crippen molar-refractivity contribution in [3.63, 3.8) is 0 Å². The zero-order chi connectivity index (χ0) is 17.1. The molecule has 0 spiro atoms. The molecule has 2 aromatic rings. The van der Waals surface area contributed by atoms with Crippen LogP contribution < -0.4 is 4.90 Å². The van der Waals surface area contributed by atoms with E-state index in [1.165, 1.54) is 12.1 Å². The van der Waals surface area contributed by atoms with E-state index in [-0.39, 0.29) is 11.8 Å². The van der Waals surface area contributed by atoms with Crippen molar-refractivity contribution in [2.24, 2.45) is 5.92 Å². The molecule has 2 atom stereocenters. The molecule has 2 aliphatic rings. The van der Waals surface area contributed by atoms with Crippen LogP contribution in [-0.2, 0) is 9.47 Å². The van der Waals surface area contributed by atoms with Crippen molar-refractivity contribution in [3.8, 4) is 0 Å². The molecular weight excluding hydrogens is 320 g/mol. The number of hydrogen-bond acceptors (Lipinski definition) is 6. The predicted octanol–water partition coefficient (Wildman–Crippen LogP) is 3.21.